The van der Waals surface area contributed by atoms with Crippen molar-refractivity contribution in [2.24, 2.45) is 11.8 Å². The van der Waals surface area contributed by atoms with Crippen LogP contribution in [0, 0.1) is 11.8 Å². The minimum absolute atomic E-state index is 0.0812. The van der Waals surface area contributed by atoms with Crippen molar-refractivity contribution in [3.63, 3.8) is 0 Å². The van der Waals surface area contributed by atoms with Crippen LogP contribution in [0.2, 0.25) is 0 Å². The number of cyclic esters (lactones) is 1. The van der Waals surface area contributed by atoms with Crippen molar-refractivity contribution in [1.29, 1.82) is 0 Å². The number of anilines is 1. The smallest absolute Gasteiger partial charge is 0.462 e. The lowest BCUT2D eigenvalue weighted by Gasteiger charge is -2.40. The van der Waals surface area contributed by atoms with Gasteiger partial charge in [-0.15, -0.1) is 0 Å². The van der Waals surface area contributed by atoms with Gasteiger partial charge in [0.15, 0.2) is 6.10 Å². The molecule has 0 radical (unpaired) electrons. The molecule has 12 atom stereocenters. The number of nitrogens with zero attached hydrogens (tertiary/aromatic N) is 2. The summed E-state index contributed by atoms with van der Waals surface area (Å²) >= 11 is 0. The van der Waals surface area contributed by atoms with Crippen LogP contribution >= 0.6 is 15.6 Å². The number of aliphatic hydroxyl groups excluding tert-OH is 5. The van der Waals surface area contributed by atoms with Crippen molar-refractivity contribution in [2.75, 3.05) is 25.6 Å². The number of phosphoric acid groups is 2. The molecule has 1 fully saturated rings. The number of nitrogen functional groups attached to an aromatic ring is 1. The Hall–Kier alpha value is -2.88. The van der Waals surface area contributed by atoms with Crippen LogP contribution in [0.15, 0.2) is 41.4 Å². The highest BCUT2D eigenvalue weighted by atomic mass is 31.3. The first kappa shape index (κ1) is 64.4. The summed E-state index contributed by atoms with van der Waals surface area (Å²) in [7, 11) is -11.3. The van der Waals surface area contributed by atoms with E-state index in [1.807, 2.05) is 6.92 Å². The molecule has 3 heterocycles. The largest absolute Gasteiger partial charge is 0.481 e. The molecule has 0 spiro atoms. The highest BCUT2D eigenvalue weighted by molar-refractivity contribution is 7.61. The molecule has 2 aliphatic heterocycles. The Kier molecular flexibility index (Phi) is 31.3. The third kappa shape index (κ3) is 26.2. The quantitative estimate of drug-likeness (QED) is 0.0205. The maximum absolute atomic E-state index is 13.3. The first-order valence-electron chi connectivity index (χ1n) is 26.6. The van der Waals surface area contributed by atoms with Crippen LogP contribution < -0.4 is 11.4 Å². The van der Waals surface area contributed by atoms with Gasteiger partial charge in [0.1, 0.15) is 30.9 Å². The summed E-state index contributed by atoms with van der Waals surface area (Å²) in [5, 5.41) is 57.4. The standard InChI is InChI=1S/C50H87N3O18P2/c1-3-5-7-8-9-10-11-12-13-14-15-16-17-18-23-27-45(57)66-34-38-35-67-72(62,63)71-73(64,65)68-36-43-48(60)47(59)39(30-29-37(54)25-21-6-4-2)41(55)33-42(56)40(26-22-19-20-24-28-46(58)69-38)49(70-43)53-32-31-44(51)52-50(53)61/h19,22,29-32,37-43,47-49,54-56,59-60H,3-18,20-21,23-28,33-36H2,1-2H3,(H,62,63)(H,64,65)(H2,51,52,61)/b22-19?,30-29-/t37-,38+,39-,40-,41+,42-,43+,47-,48+,49+/m0/s1. The first-order valence-corrected chi connectivity index (χ1v) is 29.6. The van der Waals surface area contributed by atoms with Gasteiger partial charge in [0, 0.05) is 37.3 Å². The molecule has 73 heavy (non-hydrogen) atoms. The number of carbonyl (C=O) groups is 2. The maximum Gasteiger partial charge on any atom is 0.481 e. The van der Waals surface area contributed by atoms with E-state index in [4.69, 9.17) is 29.0 Å². The van der Waals surface area contributed by atoms with E-state index in [0.717, 1.165) is 43.1 Å². The molecule has 0 amide bonds. The zero-order valence-corrected chi connectivity index (χ0v) is 44.8. The molecule has 0 saturated carbocycles. The second kappa shape index (κ2) is 35.4. The number of ether oxygens (including phenoxy) is 3. The van der Waals surface area contributed by atoms with Gasteiger partial charge in [0.25, 0.3) is 0 Å². The van der Waals surface area contributed by atoms with Gasteiger partial charge in [-0.05, 0) is 38.2 Å². The lowest BCUT2D eigenvalue weighted by molar-refractivity contribution is -0.194. The topological polar surface area (TPSA) is 326 Å². The fourth-order valence-electron chi connectivity index (χ4n) is 8.82. The van der Waals surface area contributed by atoms with Crippen LogP contribution in [0.25, 0.3) is 0 Å². The van der Waals surface area contributed by atoms with E-state index in [-0.39, 0.29) is 37.9 Å². The van der Waals surface area contributed by atoms with Crippen LogP contribution in [0.1, 0.15) is 181 Å². The zero-order chi connectivity index (χ0) is 53.7. The normalized spacial score (nSPS) is 29.9. The van der Waals surface area contributed by atoms with E-state index in [9.17, 15) is 58.8 Å². The molecule has 1 aromatic heterocycles. The molecule has 1 saturated heterocycles. The fourth-order valence-corrected chi connectivity index (χ4v) is 10.9. The molecule has 3 rings (SSSR count). The van der Waals surface area contributed by atoms with Gasteiger partial charge in [0.05, 0.1) is 37.6 Å². The molecule has 2 aliphatic rings. The number of hydrogen-bond donors (Lipinski definition) is 8. The molecule has 0 aliphatic carbocycles. The zero-order valence-electron chi connectivity index (χ0n) is 43.0. The summed E-state index contributed by atoms with van der Waals surface area (Å²) in [4.78, 5) is 64.1. The molecular formula is C50H87N3O18P2. The number of fused-ring (bicyclic) bond motifs is 3. The van der Waals surface area contributed by atoms with Gasteiger partial charge in [-0.25, -0.2) is 13.9 Å². The van der Waals surface area contributed by atoms with Gasteiger partial charge in [-0.2, -0.15) is 9.29 Å². The number of rotatable bonds is 25. The van der Waals surface area contributed by atoms with Crippen LogP contribution in [-0.2, 0) is 46.3 Å². The Morgan fingerprint density at radius 1 is 0.836 bits per heavy atom. The number of aromatic nitrogens is 2. The number of nitrogens with two attached hydrogens (primary N) is 1. The second-order valence-electron chi connectivity index (χ2n) is 19.4. The predicted molar refractivity (Wildman–Crippen MR) is 272 cm³/mol. The third-order valence-corrected chi connectivity index (χ3v) is 15.7. The number of phosphoric ester groups is 2. The first-order chi connectivity index (χ1) is 34.9. The van der Waals surface area contributed by atoms with Gasteiger partial charge in [-0.3, -0.25) is 23.2 Å². The third-order valence-electron chi connectivity index (χ3n) is 13.1. The van der Waals surface area contributed by atoms with Crippen LogP contribution in [0.4, 0.5) is 5.82 Å². The summed E-state index contributed by atoms with van der Waals surface area (Å²) in [6.07, 6.45) is 13.9. The van der Waals surface area contributed by atoms with Gasteiger partial charge in [0.2, 0.25) is 0 Å². The summed E-state index contributed by atoms with van der Waals surface area (Å²) in [5.74, 6) is -4.12. The molecule has 23 heteroatoms. The molecule has 2 bridgehead atoms. The average Bonchev–Trinajstić information content (AvgIpc) is 3.33. The van der Waals surface area contributed by atoms with E-state index in [0.29, 0.717) is 19.3 Å². The number of aliphatic hydroxyl groups is 5. The Balaban J connectivity index is 1.76. The molecule has 1 aromatic rings. The van der Waals surface area contributed by atoms with Crippen molar-refractivity contribution < 1.29 is 81.6 Å². The lowest BCUT2D eigenvalue weighted by Crippen LogP contribution is -2.52. The highest BCUT2D eigenvalue weighted by Crippen LogP contribution is 2.60. The number of allylic oxidation sites excluding steroid dienone is 2. The molecular weight excluding hydrogens is 993 g/mol. The lowest BCUT2D eigenvalue weighted by atomic mass is 9.82. The number of esters is 2. The molecule has 2 unspecified atom stereocenters. The summed E-state index contributed by atoms with van der Waals surface area (Å²) in [6, 6.07) is 1.25. The Labute approximate surface area is 431 Å². The van der Waals surface area contributed by atoms with Crippen LogP contribution in [-0.4, -0.2) is 119 Å². The SMILES string of the molecule is CCCCCCCCCCCCCCCCCC(=O)OC[C@@H]1COP(=O)(O)OP(=O)(O)OC[C@H]2O[C@@H](n3ccc(N)nc3=O)[C@@H](CC=CCCCC(=O)O1)[C@@H](O)C[C@@H](O)[C@H](/C=C\[C@@H](O)CCCCC)[C@H](O)[C@@H]2O. The van der Waals surface area contributed by atoms with E-state index in [1.165, 1.54) is 88.6 Å². The average molecular weight is 1080 g/mol. The van der Waals surface area contributed by atoms with E-state index >= 15 is 0 Å². The van der Waals surface area contributed by atoms with Crippen molar-refractivity contribution in [3.8, 4) is 0 Å². The Bertz CT molecular complexity index is 1940. The minimum atomic E-state index is -5.70. The van der Waals surface area contributed by atoms with Crippen molar-refractivity contribution in [3.05, 3.63) is 47.1 Å². The molecule has 0 aromatic carbocycles. The highest BCUT2D eigenvalue weighted by Gasteiger charge is 2.45. The number of hydrogen-bond acceptors (Lipinski definition) is 18. The van der Waals surface area contributed by atoms with Gasteiger partial charge < -0.3 is 55.3 Å². The molecule has 9 N–H and O–H groups in total. The van der Waals surface area contributed by atoms with Crippen molar-refractivity contribution in [2.45, 2.75) is 223 Å². The number of carbonyl (C=O) groups excluding carboxylic acids is 2. The molecule has 21 nitrogen and oxygen atoms in total. The number of unbranched alkanes of at least 4 members (excludes halogenated alkanes) is 16. The van der Waals surface area contributed by atoms with E-state index in [2.05, 4.69) is 16.2 Å². The van der Waals surface area contributed by atoms with E-state index < -0.39 is 120 Å². The monoisotopic (exact) mass is 1080 g/mol. The summed E-state index contributed by atoms with van der Waals surface area (Å²) < 4.78 is 59.0. The Morgan fingerprint density at radius 2 is 1.42 bits per heavy atom. The summed E-state index contributed by atoms with van der Waals surface area (Å²) in [6.45, 7) is 1.52. The molecule has 420 valence electrons. The maximum atomic E-state index is 13.3. The van der Waals surface area contributed by atoms with Gasteiger partial charge in [-0.1, -0.05) is 147 Å². The fraction of sp³-hybridized carbons (Fsp3) is 0.800. The summed E-state index contributed by atoms with van der Waals surface area (Å²) in [5.41, 5.74) is 4.78. The van der Waals surface area contributed by atoms with Crippen molar-refractivity contribution >= 4 is 33.4 Å². The second-order valence-corrected chi connectivity index (χ2v) is 22.4. The van der Waals surface area contributed by atoms with E-state index in [1.54, 1.807) is 12.2 Å². The van der Waals surface area contributed by atoms with Crippen molar-refractivity contribution in [1.82, 2.24) is 9.55 Å². The van der Waals surface area contributed by atoms with Crippen LogP contribution in [0.5, 0.6) is 0 Å². The Morgan fingerprint density at radius 3 is 2.04 bits per heavy atom. The predicted octanol–water partition coefficient (Wildman–Crippen LogP) is 7.38. The van der Waals surface area contributed by atoms with Gasteiger partial charge >= 0.3 is 33.3 Å². The minimum Gasteiger partial charge on any atom is -0.462 e. The van der Waals surface area contributed by atoms with Crippen LogP contribution in [0.3, 0.4) is 0 Å².